The van der Waals surface area contributed by atoms with Gasteiger partial charge in [-0.3, -0.25) is 9.36 Å². The maximum absolute atomic E-state index is 13.3. The molecule has 0 amide bonds. The zero-order chi connectivity index (χ0) is 22.1. The third kappa shape index (κ3) is 4.14. The van der Waals surface area contributed by atoms with E-state index < -0.39 is 0 Å². The Hall–Kier alpha value is -3.13. The summed E-state index contributed by atoms with van der Waals surface area (Å²) in [6.07, 6.45) is 1.85. The molecule has 9 heteroatoms. The van der Waals surface area contributed by atoms with E-state index in [4.69, 9.17) is 28.2 Å². The Morgan fingerprint density at radius 1 is 0.844 bits per heavy atom. The Balaban J connectivity index is 1.50. The van der Waals surface area contributed by atoms with Crippen LogP contribution in [-0.2, 0) is 5.75 Å². The van der Waals surface area contributed by atoms with Gasteiger partial charge in [-0.1, -0.05) is 52.3 Å². The smallest absolute Gasteiger partial charge is 0.266 e. The molecule has 0 aliphatic heterocycles. The molecule has 5 rings (SSSR count). The minimum atomic E-state index is -0.134. The minimum Gasteiger partial charge on any atom is -0.268 e. The van der Waals surface area contributed by atoms with E-state index in [1.165, 1.54) is 11.8 Å². The molecule has 0 bridgehead atoms. The van der Waals surface area contributed by atoms with Crippen molar-refractivity contribution in [2.24, 2.45) is 0 Å². The standard InChI is InChI=1S/C23H15Cl2N5OS/c24-15-5-9-18(10-6-15)29-13-17(27-28-29)14-32-23-26-21-4-2-1-3-20(21)22(31)30(23)19-11-7-16(25)8-12-19/h1-13H,14H2. The summed E-state index contributed by atoms with van der Waals surface area (Å²) in [4.78, 5) is 18.0. The summed E-state index contributed by atoms with van der Waals surface area (Å²) in [7, 11) is 0. The van der Waals surface area contributed by atoms with Gasteiger partial charge in [-0.05, 0) is 60.7 Å². The molecule has 158 valence electrons. The molecule has 0 unspecified atom stereocenters. The Morgan fingerprint density at radius 3 is 2.22 bits per heavy atom. The largest absolute Gasteiger partial charge is 0.268 e. The van der Waals surface area contributed by atoms with Crippen molar-refractivity contribution in [2.75, 3.05) is 0 Å². The van der Waals surface area contributed by atoms with Gasteiger partial charge < -0.3 is 0 Å². The van der Waals surface area contributed by atoms with Gasteiger partial charge in [-0.2, -0.15) is 0 Å². The summed E-state index contributed by atoms with van der Waals surface area (Å²) in [6.45, 7) is 0. The van der Waals surface area contributed by atoms with Gasteiger partial charge in [0.1, 0.15) is 0 Å². The fraction of sp³-hybridized carbons (Fsp3) is 0.0435. The maximum Gasteiger partial charge on any atom is 0.266 e. The van der Waals surface area contributed by atoms with Crippen molar-refractivity contribution in [2.45, 2.75) is 10.9 Å². The molecule has 0 atom stereocenters. The van der Waals surface area contributed by atoms with E-state index in [2.05, 4.69) is 10.3 Å². The maximum atomic E-state index is 13.3. The monoisotopic (exact) mass is 479 g/mol. The van der Waals surface area contributed by atoms with Crippen molar-refractivity contribution in [1.82, 2.24) is 24.5 Å². The number of para-hydroxylation sites is 1. The lowest BCUT2D eigenvalue weighted by Gasteiger charge is -2.13. The van der Waals surface area contributed by atoms with Gasteiger partial charge in [0.05, 0.1) is 34.2 Å². The zero-order valence-electron chi connectivity index (χ0n) is 16.5. The minimum absolute atomic E-state index is 0.134. The van der Waals surface area contributed by atoms with Crippen molar-refractivity contribution in [3.63, 3.8) is 0 Å². The lowest BCUT2D eigenvalue weighted by Crippen LogP contribution is -2.21. The summed E-state index contributed by atoms with van der Waals surface area (Å²) in [5, 5.41) is 10.8. The van der Waals surface area contributed by atoms with Crippen molar-refractivity contribution < 1.29 is 0 Å². The fourth-order valence-corrected chi connectivity index (χ4v) is 4.39. The molecule has 0 radical (unpaired) electrons. The van der Waals surface area contributed by atoms with Gasteiger partial charge in [0.15, 0.2) is 5.16 Å². The Kier molecular flexibility index (Phi) is 5.70. The van der Waals surface area contributed by atoms with Gasteiger partial charge in [-0.15, -0.1) is 5.10 Å². The second-order valence-electron chi connectivity index (χ2n) is 6.95. The number of rotatable bonds is 5. The van der Waals surface area contributed by atoms with Crippen LogP contribution in [0, 0.1) is 0 Å². The molecule has 0 spiro atoms. The normalized spacial score (nSPS) is 11.2. The van der Waals surface area contributed by atoms with Crippen LogP contribution in [0.3, 0.4) is 0 Å². The van der Waals surface area contributed by atoms with Crippen LogP contribution in [0.15, 0.2) is 88.9 Å². The molecule has 0 fully saturated rings. The first-order chi connectivity index (χ1) is 15.6. The quantitative estimate of drug-likeness (QED) is 0.243. The van der Waals surface area contributed by atoms with Crippen LogP contribution in [0.5, 0.6) is 0 Å². The Morgan fingerprint density at radius 2 is 1.50 bits per heavy atom. The van der Waals surface area contributed by atoms with Gasteiger partial charge in [0.2, 0.25) is 0 Å². The number of benzene rings is 3. The third-order valence-electron chi connectivity index (χ3n) is 4.81. The lowest BCUT2D eigenvalue weighted by atomic mass is 10.2. The lowest BCUT2D eigenvalue weighted by molar-refractivity contribution is 0.799. The zero-order valence-corrected chi connectivity index (χ0v) is 18.8. The topological polar surface area (TPSA) is 65.6 Å². The highest BCUT2D eigenvalue weighted by atomic mass is 35.5. The molecule has 32 heavy (non-hydrogen) atoms. The number of fused-ring (bicyclic) bond motifs is 1. The predicted octanol–water partition coefficient (Wildman–Crippen LogP) is 5.57. The number of hydrogen-bond acceptors (Lipinski definition) is 5. The van der Waals surface area contributed by atoms with Gasteiger partial charge in [0, 0.05) is 15.8 Å². The SMILES string of the molecule is O=c1c2ccccc2nc(SCc2cn(-c3ccc(Cl)cc3)nn2)n1-c1ccc(Cl)cc1. The molecular formula is C23H15Cl2N5OS. The van der Waals surface area contributed by atoms with E-state index in [1.54, 1.807) is 51.7 Å². The second-order valence-corrected chi connectivity index (χ2v) is 8.76. The van der Waals surface area contributed by atoms with Crippen LogP contribution < -0.4 is 5.56 Å². The fourth-order valence-electron chi connectivity index (χ4n) is 3.25. The highest BCUT2D eigenvalue weighted by molar-refractivity contribution is 7.98. The van der Waals surface area contributed by atoms with E-state index in [1.807, 2.05) is 36.5 Å². The molecule has 0 aliphatic rings. The Labute approximate surface area is 197 Å². The third-order valence-corrected chi connectivity index (χ3v) is 6.29. The number of halogens is 2. The Bertz CT molecular complexity index is 1460. The van der Waals surface area contributed by atoms with E-state index in [0.29, 0.717) is 37.5 Å². The van der Waals surface area contributed by atoms with Gasteiger partial charge in [-0.25, -0.2) is 9.67 Å². The van der Waals surface area contributed by atoms with Crippen molar-refractivity contribution in [3.05, 3.63) is 105 Å². The van der Waals surface area contributed by atoms with Crippen LogP contribution in [0.1, 0.15) is 5.69 Å². The van der Waals surface area contributed by atoms with E-state index in [9.17, 15) is 4.79 Å². The molecule has 0 saturated heterocycles. The van der Waals surface area contributed by atoms with Crippen molar-refractivity contribution >= 4 is 45.9 Å². The van der Waals surface area contributed by atoms with Crippen LogP contribution >= 0.6 is 35.0 Å². The summed E-state index contributed by atoms with van der Waals surface area (Å²) >= 11 is 13.4. The number of thioether (sulfide) groups is 1. The van der Waals surface area contributed by atoms with E-state index >= 15 is 0 Å². The molecule has 0 N–H and O–H groups in total. The van der Waals surface area contributed by atoms with Gasteiger partial charge >= 0.3 is 0 Å². The van der Waals surface area contributed by atoms with Gasteiger partial charge in [0.25, 0.3) is 5.56 Å². The molecule has 6 nitrogen and oxygen atoms in total. The molecule has 5 aromatic rings. The summed E-state index contributed by atoms with van der Waals surface area (Å²) in [5.74, 6) is 0.492. The van der Waals surface area contributed by atoms with Crippen LogP contribution in [-0.4, -0.2) is 24.5 Å². The average molecular weight is 480 g/mol. The average Bonchev–Trinajstić information content (AvgIpc) is 3.28. The van der Waals surface area contributed by atoms with Crippen molar-refractivity contribution in [3.8, 4) is 11.4 Å². The summed E-state index contributed by atoms with van der Waals surface area (Å²) < 4.78 is 3.29. The van der Waals surface area contributed by atoms with Crippen molar-refractivity contribution in [1.29, 1.82) is 0 Å². The second kappa shape index (κ2) is 8.78. The highest BCUT2D eigenvalue weighted by Crippen LogP contribution is 2.25. The molecule has 2 aromatic heterocycles. The van der Waals surface area contributed by atoms with E-state index in [-0.39, 0.29) is 5.56 Å². The molecule has 3 aromatic carbocycles. The van der Waals surface area contributed by atoms with E-state index in [0.717, 1.165) is 11.4 Å². The van der Waals surface area contributed by atoms with Crippen LogP contribution in [0.4, 0.5) is 0 Å². The molecule has 0 saturated carbocycles. The first kappa shape index (κ1) is 20.8. The van der Waals surface area contributed by atoms with Crippen LogP contribution in [0.25, 0.3) is 22.3 Å². The highest BCUT2D eigenvalue weighted by Gasteiger charge is 2.14. The van der Waals surface area contributed by atoms with Crippen LogP contribution in [0.2, 0.25) is 10.0 Å². The predicted molar refractivity (Wildman–Crippen MR) is 128 cm³/mol. The number of nitrogens with zero attached hydrogens (tertiary/aromatic N) is 5. The summed E-state index contributed by atoms with van der Waals surface area (Å²) in [5.41, 5.74) is 2.83. The molecular weight excluding hydrogens is 465 g/mol. The first-order valence-corrected chi connectivity index (χ1v) is 11.4. The molecule has 2 heterocycles. The number of hydrogen-bond donors (Lipinski definition) is 0. The first-order valence-electron chi connectivity index (χ1n) is 9.66. The molecule has 0 aliphatic carbocycles. The summed E-state index contributed by atoms with van der Waals surface area (Å²) in [6, 6.07) is 21.8. The number of aromatic nitrogens is 5.